The molecule has 0 aromatic carbocycles. The van der Waals surface area contributed by atoms with Crippen molar-refractivity contribution in [2.45, 2.75) is 46.6 Å². The van der Waals surface area contributed by atoms with Gasteiger partial charge < -0.3 is 10.2 Å². The van der Waals surface area contributed by atoms with E-state index in [1.54, 1.807) is 0 Å². The van der Waals surface area contributed by atoms with Gasteiger partial charge >= 0.3 is 0 Å². The van der Waals surface area contributed by atoms with Crippen LogP contribution in [0.1, 0.15) is 40.5 Å². The molecule has 2 nitrogen and oxygen atoms in total. The van der Waals surface area contributed by atoms with E-state index in [2.05, 4.69) is 37.9 Å². The lowest BCUT2D eigenvalue weighted by atomic mass is 9.85. The molecular weight excluding hydrogens is 184 g/mol. The predicted molar refractivity (Wildman–Crippen MR) is 67.1 cm³/mol. The van der Waals surface area contributed by atoms with Crippen molar-refractivity contribution in [1.82, 2.24) is 10.2 Å². The van der Waals surface area contributed by atoms with Gasteiger partial charge in [-0.05, 0) is 50.9 Å². The van der Waals surface area contributed by atoms with E-state index >= 15 is 0 Å². The average molecular weight is 212 g/mol. The van der Waals surface area contributed by atoms with Crippen LogP contribution in [-0.2, 0) is 0 Å². The van der Waals surface area contributed by atoms with Gasteiger partial charge in [-0.15, -0.1) is 0 Å². The molecule has 0 spiro atoms. The first kappa shape index (κ1) is 13.0. The van der Waals surface area contributed by atoms with Gasteiger partial charge in [0, 0.05) is 6.04 Å². The van der Waals surface area contributed by atoms with E-state index in [1.807, 2.05) is 0 Å². The lowest BCUT2D eigenvalue weighted by Crippen LogP contribution is -2.38. The summed E-state index contributed by atoms with van der Waals surface area (Å²) in [6.07, 6.45) is 2.80. The fourth-order valence-corrected chi connectivity index (χ4v) is 2.43. The summed E-state index contributed by atoms with van der Waals surface area (Å²) in [4.78, 5) is 2.57. The van der Waals surface area contributed by atoms with Crippen LogP contribution < -0.4 is 5.32 Å². The molecule has 15 heavy (non-hydrogen) atoms. The topological polar surface area (TPSA) is 15.3 Å². The minimum absolute atomic E-state index is 0.628. The lowest BCUT2D eigenvalue weighted by molar-refractivity contribution is 0.156. The minimum atomic E-state index is 0.628. The molecule has 0 aromatic rings. The van der Waals surface area contributed by atoms with E-state index < -0.39 is 0 Å². The minimum Gasteiger partial charge on any atom is -0.314 e. The molecular formula is C13H28N2. The first-order valence-electron chi connectivity index (χ1n) is 6.59. The molecule has 2 heteroatoms. The first-order valence-corrected chi connectivity index (χ1v) is 6.59. The summed E-state index contributed by atoms with van der Waals surface area (Å²) in [7, 11) is 0. The van der Waals surface area contributed by atoms with Gasteiger partial charge in [-0.2, -0.15) is 0 Å². The Morgan fingerprint density at radius 2 is 1.80 bits per heavy atom. The number of likely N-dealkylation sites (tertiary alicyclic amines) is 1. The summed E-state index contributed by atoms with van der Waals surface area (Å²) in [5.74, 6) is 1.78. The molecule has 1 aliphatic heterocycles. The third-order valence-electron chi connectivity index (χ3n) is 3.73. The fourth-order valence-electron chi connectivity index (χ4n) is 2.43. The third kappa shape index (κ3) is 4.52. The molecule has 0 aromatic heterocycles. The smallest absolute Gasteiger partial charge is 0.00104 e. The maximum Gasteiger partial charge on any atom is 0.00104 e. The monoisotopic (exact) mass is 212 g/mol. The summed E-state index contributed by atoms with van der Waals surface area (Å²) in [6.45, 7) is 14.2. The van der Waals surface area contributed by atoms with Crippen LogP contribution in [0.5, 0.6) is 0 Å². The van der Waals surface area contributed by atoms with Crippen molar-refractivity contribution in [2.75, 3.05) is 26.2 Å². The van der Waals surface area contributed by atoms with E-state index in [-0.39, 0.29) is 0 Å². The maximum atomic E-state index is 3.55. The molecule has 0 aliphatic carbocycles. The Balaban J connectivity index is 2.20. The quantitative estimate of drug-likeness (QED) is 0.752. The number of nitrogens with zero attached hydrogens (tertiary/aromatic N) is 1. The van der Waals surface area contributed by atoms with Gasteiger partial charge in [0.25, 0.3) is 0 Å². The lowest BCUT2D eigenvalue weighted by Gasteiger charge is -2.34. The van der Waals surface area contributed by atoms with E-state index in [0.717, 1.165) is 11.8 Å². The van der Waals surface area contributed by atoms with E-state index in [9.17, 15) is 0 Å². The SMILES string of the molecule is CCN1CCC([C@H](C)CNC(C)C)CC1. The molecule has 1 N–H and O–H groups in total. The number of hydrogen-bond donors (Lipinski definition) is 1. The molecule has 1 saturated heterocycles. The van der Waals surface area contributed by atoms with Gasteiger partial charge in [-0.3, -0.25) is 0 Å². The molecule has 0 unspecified atom stereocenters. The Morgan fingerprint density at radius 1 is 1.20 bits per heavy atom. The maximum absolute atomic E-state index is 3.55. The highest BCUT2D eigenvalue weighted by Gasteiger charge is 2.22. The summed E-state index contributed by atoms with van der Waals surface area (Å²) in [5.41, 5.74) is 0. The van der Waals surface area contributed by atoms with Gasteiger partial charge in [0.15, 0.2) is 0 Å². The molecule has 1 aliphatic rings. The van der Waals surface area contributed by atoms with Crippen LogP contribution in [0.15, 0.2) is 0 Å². The van der Waals surface area contributed by atoms with Gasteiger partial charge in [0.2, 0.25) is 0 Å². The molecule has 0 amide bonds. The van der Waals surface area contributed by atoms with Crippen LogP contribution in [0.2, 0.25) is 0 Å². The molecule has 0 bridgehead atoms. The van der Waals surface area contributed by atoms with Gasteiger partial charge in [0.1, 0.15) is 0 Å². The largest absolute Gasteiger partial charge is 0.314 e. The molecule has 1 rings (SSSR count). The number of hydrogen-bond acceptors (Lipinski definition) is 2. The van der Waals surface area contributed by atoms with Gasteiger partial charge in [-0.1, -0.05) is 27.7 Å². The van der Waals surface area contributed by atoms with Crippen LogP contribution in [0.3, 0.4) is 0 Å². The molecule has 1 atom stereocenters. The third-order valence-corrected chi connectivity index (χ3v) is 3.73. The van der Waals surface area contributed by atoms with Gasteiger partial charge in [-0.25, -0.2) is 0 Å². The van der Waals surface area contributed by atoms with Crippen LogP contribution in [0.25, 0.3) is 0 Å². The Kier molecular flexibility index (Phi) is 5.62. The number of piperidine rings is 1. The molecule has 0 saturated carbocycles. The molecule has 1 fully saturated rings. The average Bonchev–Trinajstić information content (AvgIpc) is 2.26. The normalized spacial score (nSPS) is 22.2. The fraction of sp³-hybridized carbons (Fsp3) is 1.00. The highest BCUT2D eigenvalue weighted by Crippen LogP contribution is 2.24. The van der Waals surface area contributed by atoms with Crippen LogP contribution >= 0.6 is 0 Å². The van der Waals surface area contributed by atoms with Gasteiger partial charge in [0.05, 0.1) is 0 Å². The second kappa shape index (κ2) is 6.49. The van der Waals surface area contributed by atoms with Crippen molar-refractivity contribution < 1.29 is 0 Å². The zero-order valence-corrected chi connectivity index (χ0v) is 10.9. The van der Waals surface area contributed by atoms with Crippen molar-refractivity contribution in [1.29, 1.82) is 0 Å². The highest BCUT2D eigenvalue weighted by molar-refractivity contribution is 4.76. The first-order chi connectivity index (χ1) is 7.13. The molecule has 90 valence electrons. The van der Waals surface area contributed by atoms with E-state index in [0.29, 0.717) is 6.04 Å². The highest BCUT2D eigenvalue weighted by atomic mass is 15.1. The Bertz CT molecular complexity index is 160. The standard InChI is InChI=1S/C13H28N2/c1-5-15-8-6-13(7-9-15)12(4)10-14-11(2)3/h11-14H,5-10H2,1-4H3/t12-/m1/s1. The molecule has 0 radical (unpaired) electrons. The Morgan fingerprint density at radius 3 is 2.27 bits per heavy atom. The predicted octanol–water partition coefficient (Wildman–Crippen LogP) is 2.35. The van der Waals surface area contributed by atoms with Crippen molar-refractivity contribution in [3.63, 3.8) is 0 Å². The zero-order chi connectivity index (χ0) is 11.3. The number of nitrogens with one attached hydrogen (secondary N) is 1. The second-order valence-electron chi connectivity index (χ2n) is 5.31. The van der Waals surface area contributed by atoms with Crippen molar-refractivity contribution in [3.05, 3.63) is 0 Å². The summed E-state index contributed by atoms with van der Waals surface area (Å²) >= 11 is 0. The Labute approximate surface area is 95.4 Å². The Hall–Kier alpha value is -0.0800. The van der Waals surface area contributed by atoms with Crippen molar-refractivity contribution >= 4 is 0 Å². The van der Waals surface area contributed by atoms with E-state index in [4.69, 9.17) is 0 Å². The van der Waals surface area contributed by atoms with Crippen molar-refractivity contribution in [3.8, 4) is 0 Å². The van der Waals surface area contributed by atoms with E-state index in [1.165, 1.54) is 39.0 Å². The zero-order valence-electron chi connectivity index (χ0n) is 10.9. The summed E-state index contributed by atoms with van der Waals surface area (Å²) < 4.78 is 0. The number of rotatable bonds is 5. The van der Waals surface area contributed by atoms with Crippen LogP contribution in [0.4, 0.5) is 0 Å². The summed E-state index contributed by atoms with van der Waals surface area (Å²) in [6, 6.07) is 0.628. The van der Waals surface area contributed by atoms with Crippen LogP contribution in [0, 0.1) is 11.8 Å². The van der Waals surface area contributed by atoms with Crippen molar-refractivity contribution in [2.24, 2.45) is 11.8 Å². The van der Waals surface area contributed by atoms with Crippen LogP contribution in [-0.4, -0.2) is 37.1 Å². The second-order valence-corrected chi connectivity index (χ2v) is 5.31. The summed E-state index contributed by atoms with van der Waals surface area (Å²) in [5, 5.41) is 3.55. The molecule has 1 heterocycles.